The zero-order chi connectivity index (χ0) is 59.4. The van der Waals surface area contributed by atoms with Crippen LogP contribution < -0.4 is 26.4 Å². The van der Waals surface area contributed by atoms with Crippen molar-refractivity contribution in [3.63, 3.8) is 0 Å². The Morgan fingerprint density at radius 1 is 0.263 bits per heavy atom. The molecule has 1 nitrogen and oxygen atoms in total. The molecule has 0 aliphatic rings. The van der Waals surface area contributed by atoms with Crippen LogP contribution in [0.2, 0.25) is 0 Å². The summed E-state index contributed by atoms with van der Waals surface area (Å²) in [4.78, 5) is 0. The number of aromatic nitrogens is 1. The van der Waals surface area contributed by atoms with Gasteiger partial charge in [0.25, 0.3) is 0 Å². The summed E-state index contributed by atoms with van der Waals surface area (Å²) >= 11 is 0. The topological polar surface area (TPSA) is 3.88 Å². The Bertz CT molecular complexity index is 3070. The van der Waals surface area contributed by atoms with Gasteiger partial charge in [0.05, 0.1) is 44.5 Å². The molecule has 1 aromatic heterocycles. The maximum Gasteiger partial charge on any atom is 0.416 e. The highest BCUT2D eigenvalue weighted by Crippen LogP contribution is 2.41. The van der Waals surface area contributed by atoms with Gasteiger partial charge < -0.3 is 0 Å². The molecule has 7 aromatic carbocycles. The summed E-state index contributed by atoms with van der Waals surface area (Å²) in [5.41, 5.74) is -26.4. The summed E-state index contributed by atoms with van der Waals surface area (Å²) in [6.45, 7) is 0.902. The highest BCUT2D eigenvalue weighted by atomic mass is 19.4. The van der Waals surface area contributed by atoms with E-state index in [2.05, 4.69) is 102 Å². The Kier molecular flexibility index (Phi) is 15.8. The molecule has 80 heavy (non-hydrogen) atoms. The molecule has 8 aromatic rings. The molecule has 1 heterocycles. The van der Waals surface area contributed by atoms with Crippen LogP contribution in [0.3, 0.4) is 0 Å². The quantitative estimate of drug-likeness (QED) is 0.0851. The minimum atomic E-state index is -6.13. The van der Waals surface area contributed by atoms with E-state index in [1.54, 1.807) is 0 Å². The van der Waals surface area contributed by atoms with E-state index in [1.165, 1.54) is 27.5 Å². The van der Waals surface area contributed by atoms with Crippen LogP contribution in [0.4, 0.5) is 105 Å². The predicted octanol–water partition coefficient (Wildman–Crippen LogP) is 16.1. The number of rotatable bonds is 7. The molecule has 0 atom stereocenters. The smallest absolute Gasteiger partial charge is 0.201 e. The van der Waals surface area contributed by atoms with E-state index in [0.29, 0.717) is 0 Å². The lowest BCUT2D eigenvalue weighted by Crippen LogP contribution is -2.75. The van der Waals surface area contributed by atoms with Gasteiger partial charge in [-0.1, -0.05) is 115 Å². The maximum atomic E-state index is 14.2. The lowest BCUT2D eigenvalue weighted by molar-refractivity contribution is -0.688. The predicted molar refractivity (Wildman–Crippen MR) is 245 cm³/mol. The van der Waals surface area contributed by atoms with Crippen LogP contribution in [0.15, 0.2) is 170 Å². The summed E-state index contributed by atoms with van der Waals surface area (Å²) in [5, 5.41) is 2.57. The molecule has 0 amide bonds. The summed E-state index contributed by atoms with van der Waals surface area (Å²) < 4.78 is 343. The molecule has 0 unspecified atom stereocenters. The molecule has 0 N–H and O–H groups in total. The van der Waals surface area contributed by atoms with E-state index in [4.69, 9.17) is 0 Å². The fraction of sp³-hybridized carbons (Fsp3) is 0.167. The van der Waals surface area contributed by atoms with Gasteiger partial charge in [0.15, 0.2) is 18.9 Å². The lowest BCUT2D eigenvalue weighted by atomic mass is 9.12. The van der Waals surface area contributed by atoms with Gasteiger partial charge in [0.1, 0.15) is 6.15 Å². The van der Waals surface area contributed by atoms with E-state index in [0.717, 1.165) is 6.54 Å². The average Bonchev–Trinajstić information content (AvgIpc) is 3.01. The number of hydrogen-bond acceptors (Lipinski definition) is 0. The van der Waals surface area contributed by atoms with Crippen LogP contribution in [0.1, 0.15) is 50.1 Å². The minimum Gasteiger partial charge on any atom is -0.201 e. The first-order valence-corrected chi connectivity index (χ1v) is 22.5. The molecule has 0 spiro atoms. The van der Waals surface area contributed by atoms with Gasteiger partial charge in [-0.25, -0.2) is 4.57 Å². The van der Waals surface area contributed by atoms with Crippen molar-refractivity contribution < 1.29 is 110 Å². The number of halogens is 24. The number of pyridine rings is 1. The van der Waals surface area contributed by atoms with Crippen molar-refractivity contribution in [1.82, 2.24) is 0 Å². The first-order valence-electron chi connectivity index (χ1n) is 22.5. The summed E-state index contributed by atoms with van der Waals surface area (Å²) in [6.07, 6.45) is -50.5. The highest BCUT2D eigenvalue weighted by Gasteiger charge is 2.47. The maximum absolute atomic E-state index is 14.2. The molecule has 26 heteroatoms. The standard InChI is InChI=1S/C32H12BF24.C22H18N/c34-25(35,36)13-1-14(26(37,38)39)6-21(5-13)33(22-7-15(27(40,41)42)2-16(8-22)28(43,44)45,23-9-17(29(46,47)48)3-18(10-23)30(49,50)51)24-11-19(31(52,53)54)4-20(12-24)32(55,56)57;1-2-6-18(7-3-1)17-23-14-12-20(13-15-23)22-11-10-19-8-4-5-9-21(19)16-22/h1-12H;1-16H,17H2/q-1;+1. The van der Waals surface area contributed by atoms with Gasteiger partial charge in [-0.05, 0) is 52.2 Å². The van der Waals surface area contributed by atoms with Crippen LogP contribution in [0.25, 0.3) is 21.9 Å². The number of nitrogens with zero attached hydrogens (tertiary/aromatic N) is 1. The van der Waals surface area contributed by atoms with Gasteiger partial charge in [-0.15, -0.1) is 0 Å². The largest absolute Gasteiger partial charge is 0.416 e. The van der Waals surface area contributed by atoms with Gasteiger partial charge in [-0.3, -0.25) is 0 Å². The Labute approximate surface area is 435 Å². The Morgan fingerprint density at radius 3 is 0.825 bits per heavy atom. The Hall–Kier alpha value is -7.67. The van der Waals surface area contributed by atoms with Crippen LogP contribution in [-0.4, -0.2) is 6.15 Å². The molecular weight excluding hydrogens is 1130 g/mol. The summed E-state index contributed by atoms with van der Waals surface area (Å²) in [5.74, 6) is 0. The van der Waals surface area contributed by atoms with E-state index in [1.807, 2.05) is 0 Å². The summed E-state index contributed by atoms with van der Waals surface area (Å²) in [6, 6.07) is 21.2. The molecule has 0 aliphatic carbocycles. The second kappa shape index (κ2) is 21.1. The van der Waals surface area contributed by atoms with Crippen molar-refractivity contribution in [2.45, 2.75) is 56.0 Å². The molecule has 8 rings (SSSR count). The van der Waals surface area contributed by atoms with E-state index < -0.39 is 195 Å². The molecule has 0 saturated carbocycles. The Balaban J connectivity index is 0.000000329. The van der Waals surface area contributed by atoms with Gasteiger partial charge >= 0.3 is 49.4 Å². The lowest BCUT2D eigenvalue weighted by Gasteiger charge is -2.46. The second-order valence-electron chi connectivity index (χ2n) is 18.0. The molecule has 0 aliphatic heterocycles. The molecule has 0 bridgehead atoms. The zero-order valence-electron chi connectivity index (χ0n) is 39.5. The Morgan fingerprint density at radius 2 is 0.537 bits per heavy atom. The summed E-state index contributed by atoms with van der Waals surface area (Å²) in [7, 11) is 0. The van der Waals surface area contributed by atoms with Crippen molar-refractivity contribution in [3.8, 4) is 11.1 Å². The third kappa shape index (κ3) is 13.5. The number of hydrogen-bond donors (Lipinski definition) is 0. The number of fused-ring (bicyclic) bond motifs is 1. The minimum absolute atomic E-state index is 0.691. The first-order chi connectivity index (χ1) is 36.6. The zero-order valence-corrected chi connectivity index (χ0v) is 39.5. The normalized spacial score (nSPS) is 13.3. The van der Waals surface area contributed by atoms with Crippen LogP contribution >= 0.6 is 0 Å². The second-order valence-corrected chi connectivity index (χ2v) is 18.0. The number of alkyl halides is 24. The number of benzene rings is 7. The van der Waals surface area contributed by atoms with Crippen molar-refractivity contribution in [1.29, 1.82) is 0 Å². The van der Waals surface area contributed by atoms with Crippen LogP contribution in [0.5, 0.6) is 0 Å². The third-order valence-electron chi connectivity index (χ3n) is 12.6. The fourth-order valence-electron chi connectivity index (χ4n) is 8.99. The van der Waals surface area contributed by atoms with Gasteiger partial charge in [0.2, 0.25) is 0 Å². The van der Waals surface area contributed by atoms with Crippen LogP contribution in [0, 0.1) is 0 Å². The third-order valence-corrected chi connectivity index (χ3v) is 12.6. The first kappa shape index (κ1) is 60.0. The van der Waals surface area contributed by atoms with Crippen molar-refractivity contribution in [2.24, 2.45) is 0 Å². The highest BCUT2D eigenvalue weighted by molar-refractivity contribution is 7.20. The van der Waals surface area contributed by atoms with Gasteiger partial charge in [-0.2, -0.15) is 127 Å². The molecular formula is C54H30BF24N. The monoisotopic (exact) mass is 1160 g/mol. The van der Waals surface area contributed by atoms with Crippen molar-refractivity contribution in [2.75, 3.05) is 0 Å². The fourth-order valence-corrected chi connectivity index (χ4v) is 8.99. The van der Waals surface area contributed by atoms with E-state index in [-0.39, 0.29) is 0 Å². The van der Waals surface area contributed by atoms with Gasteiger partial charge in [0, 0.05) is 17.7 Å². The molecule has 0 radical (unpaired) electrons. The molecule has 0 fully saturated rings. The van der Waals surface area contributed by atoms with E-state index >= 15 is 0 Å². The SMILES string of the molecule is FC(F)(F)c1cc([B-](c2cc(C(F)(F)F)cc(C(F)(F)F)c2)(c2cc(C(F)(F)F)cc(C(F)(F)F)c2)c2cc(C(F)(F)F)cc(C(F)(F)F)c2)cc(C(F)(F)F)c1.c1ccc(C[n+]2ccc(-c3ccc4ccccc4c3)cc2)cc1. The van der Waals surface area contributed by atoms with E-state index in [9.17, 15) is 105 Å². The van der Waals surface area contributed by atoms with Crippen LogP contribution in [-0.2, 0) is 56.0 Å². The molecule has 422 valence electrons. The van der Waals surface area contributed by atoms with Crippen molar-refractivity contribution in [3.05, 3.63) is 220 Å². The van der Waals surface area contributed by atoms with Crippen molar-refractivity contribution >= 4 is 38.8 Å². The average molecular weight is 1160 g/mol. The molecule has 0 saturated heterocycles.